The fourth-order valence-corrected chi connectivity index (χ4v) is 4.29. The average Bonchev–Trinajstić information content (AvgIpc) is 3.30. The van der Waals surface area contributed by atoms with E-state index in [0.29, 0.717) is 6.54 Å². The van der Waals surface area contributed by atoms with Crippen molar-refractivity contribution in [2.45, 2.75) is 12.8 Å². The highest BCUT2D eigenvalue weighted by atomic mass is 16.5. The van der Waals surface area contributed by atoms with Crippen molar-refractivity contribution in [3.63, 3.8) is 0 Å². The van der Waals surface area contributed by atoms with Crippen LogP contribution in [-0.2, 0) is 4.79 Å². The van der Waals surface area contributed by atoms with Crippen LogP contribution in [-0.4, -0.2) is 58.8 Å². The zero-order valence-corrected chi connectivity index (χ0v) is 17.2. The highest BCUT2D eigenvalue weighted by Crippen LogP contribution is 2.27. The summed E-state index contributed by atoms with van der Waals surface area (Å²) in [5.74, 6) is 0.991. The number of carbonyl (C=O) groups is 1. The fourth-order valence-electron chi connectivity index (χ4n) is 4.29. The lowest BCUT2D eigenvalue weighted by molar-refractivity contribution is -0.892. The van der Waals surface area contributed by atoms with Crippen molar-refractivity contribution in [2.75, 3.05) is 68.0 Å². The predicted molar refractivity (Wildman–Crippen MR) is 117 cm³/mol. The van der Waals surface area contributed by atoms with E-state index in [1.807, 2.05) is 30.3 Å². The Hall–Kier alpha value is -2.73. The molecule has 0 spiro atoms. The quantitative estimate of drug-likeness (QED) is 0.781. The molecular formula is C23H31N4O2+. The topological polar surface area (TPSA) is 49.3 Å². The highest BCUT2D eigenvalue weighted by Gasteiger charge is 2.24. The number of methoxy groups -OCH3 is 1. The van der Waals surface area contributed by atoms with Crippen molar-refractivity contribution < 1.29 is 14.4 Å². The van der Waals surface area contributed by atoms with Crippen LogP contribution in [0.1, 0.15) is 12.8 Å². The summed E-state index contributed by atoms with van der Waals surface area (Å²) in [5, 5.41) is 3.06. The van der Waals surface area contributed by atoms with Crippen molar-refractivity contribution in [1.82, 2.24) is 0 Å². The molecular weight excluding hydrogens is 364 g/mol. The molecule has 4 rings (SSSR count). The number of amides is 1. The first kappa shape index (κ1) is 19.6. The van der Waals surface area contributed by atoms with E-state index in [4.69, 9.17) is 4.74 Å². The van der Waals surface area contributed by atoms with Crippen LogP contribution in [0.25, 0.3) is 0 Å². The fraction of sp³-hybridized carbons (Fsp3) is 0.435. The Morgan fingerprint density at radius 3 is 2.34 bits per heavy atom. The molecule has 0 unspecified atom stereocenters. The molecule has 6 heteroatoms. The van der Waals surface area contributed by atoms with Crippen LogP contribution >= 0.6 is 0 Å². The second-order valence-corrected chi connectivity index (χ2v) is 7.87. The summed E-state index contributed by atoms with van der Waals surface area (Å²) in [6.45, 7) is 6.51. The van der Waals surface area contributed by atoms with Gasteiger partial charge in [-0.2, -0.15) is 0 Å². The van der Waals surface area contributed by atoms with Crippen LogP contribution in [0.3, 0.4) is 0 Å². The molecule has 0 saturated carbocycles. The zero-order chi connectivity index (χ0) is 20.1. The second-order valence-electron chi connectivity index (χ2n) is 7.87. The number of hydrogen-bond acceptors (Lipinski definition) is 4. The molecule has 29 heavy (non-hydrogen) atoms. The molecule has 6 nitrogen and oxygen atoms in total. The van der Waals surface area contributed by atoms with Gasteiger partial charge in [0.1, 0.15) is 5.75 Å². The van der Waals surface area contributed by atoms with Gasteiger partial charge in [0.15, 0.2) is 6.54 Å². The van der Waals surface area contributed by atoms with Gasteiger partial charge in [-0.15, -0.1) is 0 Å². The molecule has 0 aliphatic carbocycles. The number of para-hydroxylation sites is 2. The van der Waals surface area contributed by atoms with Crippen LogP contribution in [0.5, 0.6) is 5.75 Å². The third-order valence-electron chi connectivity index (χ3n) is 5.93. The normalized spacial score (nSPS) is 17.4. The second kappa shape index (κ2) is 9.18. The van der Waals surface area contributed by atoms with E-state index in [-0.39, 0.29) is 5.91 Å². The summed E-state index contributed by atoms with van der Waals surface area (Å²) >= 11 is 0. The van der Waals surface area contributed by atoms with Crippen molar-refractivity contribution in [2.24, 2.45) is 0 Å². The minimum absolute atomic E-state index is 0.0830. The van der Waals surface area contributed by atoms with Crippen molar-refractivity contribution in [3.8, 4) is 5.75 Å². The van der Waals surface area contributed by atoms with Gasteiger partial charge in [0.05, 0.1) is 39.0 Å². The Morgan fingerprint density at radius 1 is 0.966 bits per heavy atom. The first-order valence-corrected chi connectivity index (χ1v) is 10.6. The zero-order valence-electron chi connectivity index (χ0n) is 17.2. The molecule has 2 saturated heterocycles. The Morgan fingerprint density at radius 2 is 1.66 bits per heavy atom. The van der Waals surface area contributed by atoms with E-state index in [1.54, 1.807) is 7.11 Å². The number of hydrogen-bond donors (Lipinski definition) is 2. The average molecular weight is 396 g/mol. The molecule has 2 aliphatic rings. The van der Waals surface area contributed by atoms with E-state index < -0.39 is 0 Å². The van der Waals surface area contributed by atoms with Crippen LogP contribution in [0.2, 0.25) is 0 Å². The maximum Gasteiger partial charge on any atom is 0.279 e. The highest BCUT2D eigenvalue weighted by molar-refractivity contribution is 5.91. The largest absolute Gasteiger partial charge is 0.495 e. The molecule has 0 atom stereocenters. The Bertz CT molecular complexity index is 810. The van der Waals surface area contributed by atoms with E-state index in [0.717, 1.165) is 56.4 Å². The number of rotatable bonds is 6. The minimum atomic E-state index is 0.0830. The molecule has 2 N–H and O–H groups in total. The lowest BCUT2D eigenvalue weighted by Gasteiger charge is -2.34. The predicted octanol–water partition coefficient (Wildman–Crippen LogP) is 1.64. The van der Waals surface area contributed by atoms with Gasteiger partial charge in [0.2, 0.25) is 0 Å². The Balaban J connectivity index is 1.25. The van der Waals surface area contributed by atoms with Gasteiger partial charge in [-0.05, 0) is 49.2 Å². The summed E-state index contributed by atoms with van der Waals surface area (Å²) in [4.78, 5) is 18.6. The number of anilines is 3. The van der Waals surface area contributed by atoms with Crippen molar-refractivity contribution in [1.29, 1.82) is 0 Å². The third kappa shape index (κ3) is 4.82. The maximum absolute atomic E-state index is 12.5. The van der Waals surface area contributed by atoms with Gasteiger partial charge in [-0.3, -0.25) is 4.79 Å². The standard InChI is InChI=1S/C23H30N4O2/c1-29-22-7-3-2-6-21(22)27-16-14-25(15-17-27)18-23(28)24-19-8-10-20(11-9-19)26-12-4-5-13-26/h2-3,6-11H,4-5,12-18H2,1H3,(H,24,28)/p+1. The lowest BCUT2D eigenvalue weighted by Crippen LogP contribution is -3.15. The molecule has 2 aromatic carbocycles. The van der Waals surface area contributed by atoms with Gasteiger partial charge in [-0.1, -0.05) is 12.1 Å². The molecule has 0 radical (unpaired) electrons. The number of carbonyl (C=O) groups excluding carboxylic acids is 1. The third-order valence-corrected chi connectivity index (χ3v) is 5.93. The smallest absolute Gasteiger partial charge is 0.279 e. The van der Waals surface area contributed by atoms with Gasteiger partial charge in [0.25, 0.3) is 5.91 Å². The maximum atomic E-state index is 12.5. The number of ether oxygens (including phenoxy) is 1. The monoisotopic (exact) mass is 395 g/mol. The first-order valence-electron chi connectivity index (χ1n) is 10.6. The Labute approximate surface area is 173 Å². The van der Waals surface area contributed by atoms with Gasteiger partial charge < -0.3 is 24.8 Å². The summed E-state index contributed by atoms with van der Waals surface area (Å²) in [5.41, 5.74) is 3.26. The van der Waals surface area contributed by atoms with Crippen LogP contribution in [0, 0.1) is 0 Å². The first-order chi connectivity index (χ1) is 14.2. The van der Waals surface area contributed by atoms with E-state index in [1.165, 1.54) is 23.4 Å². The van der Waals surface area contributed by atoms with Crippen molar-refractivity contribution in [3.05, 3.63) is 48.5 Å². The molecule has 2 heterocycles. The van der Waals surface area contributed by atoms with Crippen molar-refractivity contribution >= 4 is 23.0 Å². The molecule has 2 aromatic rings. The van der Waals surface area contributed by atoms with Gasteiger partial charge >= 0.3 is 0 Å². The number of piperazine rings is 1. The number of quaternary nitrogens is 1. The van der Waals surface area contributed by atoms with Gasteiger partial charge in [-0.25, -0.2) is 0 Å². The number of benzene rings is 2. The Kier molecular flexibility index (Phi) is 6.20. The van der Waals surface area contributed by atoms with E-state index in [2.05, 4.69) is 33.3 Å². The number of nitrogens with zero attached hydrogens (tertiary/aromatic N) is 2. The molecule has 0 aromatic heterocycles. The van der Waals surface area contributed by atoms with Crippen LogP contribution in [0.15, 0.2) is 48.5 Å². The lowest BCUT2D eigenvalue weighted by atomic mass is 10.2. The van der Waals surface area contributed by atoms with Gasteiger partial charge in [0, 0.05) is 24.5 Å². The summed E-state index contributed by atoms with van der Waals surface area (Å²) in [7, 11) is 1.71. The SMILES string of the molecule is COc1ccccc1N1CC[NH+](CC(=O)Nc2ccc(N3CCCC3)cc2)CC1. The van der Waals surface area contributed by atoms with E-state index in [9.17, 15) is 4.79 Å². The van der Waals surface area contributed by atoms with Crippen LogP contribution < -0.4 is 24.8 Å². The number of nitrogens with one attached hydrogen (secondary N) is 2. The molecule has 2 fully saturated rings. The summed E-state index contributed by atoms with van der Waals surface area (Å²) in [6.07, 6.45) is 2.54. The van der Waals surface area contributed by atoms with E-state index >= 15 is 0 Å². The molecule has 154 valence electrons. The molecule has 1 amide bonds. The minimum Gasteiger partial charge on any atom is -0.495 e. The summed E-state index contributed by atoms with van der Waals surface area (Å²) < 4.78 is 5.48. The molecule has 0 bridgehead atoms. The van der Waals surface area contributed by atoms with Crippen LogP contribution in [0.4, 0.5) is 17.1 Å². The molecule has 2 aliphatic heterocycles. The summed E-state index contributed by atoms with van der Waals surface area (Å²) in [6, 6.07) is 16.4.